The monoisotopic (exact) mass is 472 g/mol. The number of aromatic nitrogens is 4. The van der Waals surface area contributed by atoms with Crippen LogP contribution in [0.4, 0.5) is 0 Å². The smallest absolute Gasteiger partial charge is 0.352 e. The summed E-state index contributed by atoms with van der Waals surface area (Å²) < 4.78 is -0.0935. The van der Waals surface area contributed by atoms with Gasteiger partial charge in [0, 0.05) is 21.8 Å². The largest absolute Gasteiger partial charge is 0.477 e. The third kappa shape index (κ3) is 4.08. The number of β-lactam (4-membered cyclic amide) rings is 1. The number of carboxylic acid groups (broad SMARTS) is 1. The van der Waals surface area contributed by atoms with Crippen LogP contribution >= 0.6 is 46.2 Å². The lowest BCUT2D eigenvalue weighted by atomic mass is 10.0. The number of aromatic amines is 1. The van der Waals surface area contributed by atoms with Crippen molar-refractivity contribution in [3.05, 3.63) is 30.4 Å². The maximum atomic E-state index is 12.6. The fourth-order valence-corrected chi connectivity index (χ4v) is 6.83. The van der Waals surface area contributed by atoms with Crippen molar-refractivity contribution in [2.24, 2.45) is 0 Å². The van der Waals surface area contributed by atoms with Crippen LogP contribution in [0, 0.1) is 0 Å². The Morgan fingerprint density at radius 1 is 1.41 bits per heavy atom. The van der Waals surface area contributed by atoms with Crippen LogP contribution < -0.4 is 9.37 Å². The minimum atomic E-state index is -1.19. The molecule has 0 radical (unpaired) electrons. The molecule has 0 bridgehead atoms. The lowest BCUT2D eigenvalue weighted by molar-refractivity contribution is -0.150. The summed E-state index contributed by atoms with van der Waals surface area (Å²) in [6, 6.07) is -0.788. The molecule has 4 rings (SSSR count). The minimum Gasteiger partial charge on any atom is -0.477 e. The number of amides is 2. The summed E-state index contributed by atoms with van der Waals surface area (Å²) in [6.07, 6.45) is 0.0127. The molecule has 3 N–H and O–H groups in total. The highest BCUT2D eigenvalue weighted by molar-refractivity contribution is 8.01. The van der Waals surface area contributed by atoms with E-state index < -0.39 is 23.3 Å². The molecule has 2 aliphatic rings. The van der Waals surface area contributed by atoms with Gasteiger partial charge in [0.2, 0.25) is 11.1 Å². The summed E-state index contributed by atoms with van der Waals surface area (Å²) in [4.78, 5) is 49.7. The van der Waals surface area contributed by atoms with Gasteiger partial charge in [-0.2, -0.15) is 5.21 Å². The van der Waals surface area contributed by atoms with Gasteiger partial charge in [-0.05, 0) is 10.8 Å². The first kappa shape index (κ1) is 20.1. The van der Waals surface area contributed by atoms with Crippen molar-refractivity contribution in [2.75, 3.05) is 11.5 Å². The van der Waals surface area contributed by atoms with Crippen molar-refractivity contribution in [3.63, 3.8) is 0 Å². The Kier molecular flexibility index (Phi) is 5.71. The van der Waals surface area contributed by atoms with E-state index in [0.29, 0.717) is 27.1 Å². The SMILES string of the molecule is O=C(Cc1csc(=O)s1)NC1C(=O)N2C(C(=O)O)=C(CSc3nn[nH]n3)CSC12. The second kappa shape index (κ2) is 8.25. The molecule has 11 nitrogen and oxygen atoms in total. The summed E-state index contributed by atoms with van der Waals surface area (Å²) in [5, 5.41) is 27.2. The number of hydrogen-bond donors (Lipinski definition) is 3. The average Bonchev–Trinajstić information content (AvgIpc) is 3.35. The first-order valence-corrected chi connectivity index (χ1v) is 11.8. The van der Waals surface area contributed by atoms with Crippen LogP contribution in [0.3, 0.4) is 0 Å². The normalized spacial score (nSPS) is 21.0. The number of nitrogens with zero attached hydrogens (tertiary/aromatic N) is 4. The summed E-state index contributed by atoms with van der Waals surface area (Å²) in [5.74, 6) is -1.33. The Balaban J connectivity index is 1.44. The number of carboxylic acids is 1. The predicted octanol–water partition coefficient (Wildman–Crippen LogP) is -0.244. The van der Waals surface area contributed by atoms with Gasteiger partial charge < -0.3 is 10.4 Å². The van der Waals surface area contributed by atoms with Gasteiger partial charge in [-0.3, -0.25) is 19.3 Å². The van der Waals surface area contributed by atoms with Crippen LogP contribution in [0.25, 0.3) is 0 Å². The highest BCUT2D eigenvalue weighted by Crippen LogP contribution is 2.41. The Bertz CT molecular complexity index is 1050. The lowest BCUT2D eigenvalue weighted by Crippen LogP contribution is -2.70. The molecule has 15 heteroatoms. The quantitative estimate of drug-likeness (QED) is 0.362. The third-order valence-corrected chi connectivity index (χ3v) is 8.34. The van der Waals surface area contributed by atoms with E-state index in [1.54, 1.807) is 5.38 Å². The maximum Gasteiger partial charge on any atom is 0.352 e. The van der Waals surface area contributed by atoms with Crippen LogP contribution in [-0.2, 0) is 20.8 Å². The van der Waals surface area contributed by atoms with Crippen molar-refractivity contribution in [1.29, 1.82) is 0 Å². The van der Waals surface area contributed by atoms with Gasteiger partial charge in [0.15, 0.2) is 0 Å². The number of thioether (sulfide) groups is 2. The number of aliphatic carboxylic acids is 1. The maximum absolute atomic E-state index is 12.6. The zero-order valence-corrected chi connectivity index (χ0v) is 17.6. The van der Waals surface area contributed by atoms with Crippen LogP contribution in [0.1, 0.15) is 4.88 Å². The van der Waals surface area contributed by atoms with Crippen LogP contribution in [0.2, 0.25) is 0 Å². The molecule has 2 amide bonds. The Morgan fingerprint density at radius 3 is 2.90 bits per heavy atom. The van der Waals surface area contributed by atoms with Gasteiger partial charge in [0.1, 0.15) is 17.1 Å². The summed E-state index contributed by atoms with van der Waals surface area (Å²) in [5.41, 5.74) is 0.519. The number of carbonyl (C=O) groups excluding carboxylic acids is 2. The minimum absolute atomic E-state index is 0.0127. The second-order valence-electron chi connectivity index (χ2n) is 5.93. The molecule has 152 valence electrons. The molecule has 29 heavy (non-hydrogen) atoms. The zero-order chi connectivity index (χ0) is 20.5. The van der Waals surface area contributed by atoms with E-state index in [-0.39, 0.29) is 22.1 Å². The first-order valence-electron chi connectivity index (χ1n) is 8.07. The number of hydrogen-bond acceptors (Lipinski definition) is 11. The molecule has 0 aromatic carbocycles. The molecule has 2 aromatic heterocycles. The van der Waals surface area contributed by atoms with Gasteiger partial charge in [-0.1, -0.05) is 34.4 Å². The van der Waals surface area contributed by atoms with Crippen molar-refractivity contribution in [3.8, 4) is 0 Å². The molecule has 4 heterocycles. The molecular weight excluding hydrogens is 460 g/mol. The van der Waals surface area contributed by atoms with E-state index in [4.69, 9.17) is 0 Å². The van der Waals surface area contributed by atoms with Crippen LogP contribution in [0.15, 0.2) is 26.6 Å². The summed E-state index contributed by atoms with van der Waals surface area (Å²) >= 11 is 4.63. The molecular formula is C14H12N6O5S4. The lowest BCUT2D eigenvalue weighted by Gasteiger charge is -2.49. The second-order valence-corrected chi connectivity index (χ2v) is 10.2. The van der Waals surface area contributed by atoms with Gasteiger partial charge in [0.25, 0.3) is 9.96 Å². The molecule has 2 atom stereocenters. The van der Waals surface area contributed by atoms with Gasteiger partial charge in [-0.15, -0.1) is 22.0 Å². The van der Waals surface area contributed by atoms with E-state index in [9.17, 15) is 24.3 Å². The molecule has 2 unspecified atom stereocenters. The van der Waals surface area contributed by atoms with E-state index in [1.807, 2.05) is 0 Å². The molecule has 1 saturated heterocycles. The highest BCUT2D eigenvalue weighted by atomic mass is 32.2. The van der Waals surface area contributed by atoms with E-state index in [0.717, 1.165) is 22.7 Å². The Hall–Kier alpha value is -2.23. The first-order chi connectivity index (χ1) is 13.9. The number of fused-ring (bicyclic) bond motifs is 1. The zero-order valence-electron chi connectivity index (χ0n) is 14.4. The van der Waals surface area contributed by atoms with Gasteiger partial charge in [0.05, 0.1) is 6.42 Å². The number of H-pyrrole nitrogens is 1. The molecule has 2 aromatic rings. The summed E-state index contributed by atoms with van der Waals surface area (Å²) in [6.45, 7) is 0. The van der Waals surface area contributed by atoms with Gasteiger partial charge in [-0.25, -0.2) is 4.79 Å². The topological polar surface area (TPSA) is 158 Å². The third-order valence-electron chi connectivity index (χ3n) is 4.10. The molecule has 2 aliphatic heterocycles. The molecule has 0 aliphatic carbocycles. The predicted molar refractivity (Wildman–Crippen MR) is 107 cm³/mol. The number of carbonyl (C=O) groups is 3. The number of nitrogens with one attached hydrogen (secondary N) is 2. The summed E-state index contributed by atoms with van der Waals surface area (Å²) in [7, 11) is 0. The van der Waals surface area contributed by atoms with E-state index >= 15 is 0 Å². The van der Waals surface area contributed by atoms with Crippen molar-refractivity contribution in [2.45, 2.75) is 23.0 Å². The number of tetrazole rings is 1. The Morgan fingerprint density at radius 2 is 2.24 bits per heavy atom. The van der Waals surface area contributed by atoms with Crippen LogP contribution in [0.5, 0.6) is 0 Å². The average molecular weight is 473 g/mol. The van der Waals surface area contributed by atoms with Crippen LogP contribution in [-0.4, -0.2) is 71.3 Å². The van der Waals surface area contributed by atoms with E-state index in [2.05, 4.69) is 25.9 Å². The molecule has 0 spiro atoms. The molecule has 1 fully saturated rings. The van der Waals surface area contributed by atoms with Crippen molar-refractivity contribution in [1.82, 2.24) is 30.8 Å². The van der Waals surface area contributed by atoms with Crippen molar-refractivity contribution >= 4 is 64.0 Å². The van der Waals surface area contributed by atoms with E-state index in [1.165, 1.54) is 28.4 Å². The fraction of sp³-hybridized carbons (Fsp3) is 0.357. The standard InChI is InChI=1S/C14H12N6O5S4/c21-7(1-6-4-28-14(25)29-6)15-8-10(22)20-9(12(23)24)5(2-26-11(8)20)3-27-13-16-18-19-17-13/h4,8,11H,1-3H2,(H,15,21)(H,23,24)(H,16,17,18,19). The fourth-order valence-electron chi connectivity index (χ4n) is 2.89. The van der Waals surface area contributed by atoms with Gasteiger partial charge >= 0.3 is 5.97 Å². The highest BCUT2D eigenvalue weighted by Gasteiger charge is 2.54. The molecule has 0 saturated carbocycles. The Labute approximate surface area is 178 Å². The van der Waals surface area contributed by atoms with Crippen molar-refractivity contribution < 1.29 is 19.5 Å². The number of rotatable bonds is 7.